The molecule has 0 spiro atoms. The Kier molecular flexibility index (Phi) is 5.46. The van der Waals surface area contributed by atoms with Crippen LogP contribution in [0.25, 0.3) is 0 Å². The van der Waals surface area contributed by atoms with Crippen LogP contribution in [-0.2, 0) is 12.7 Å². The third-order valence-electron chi connectivity index (χ3n) is 3.81. The van der Waals surface area contributed by atoms with Crippen LogP contribution < -0.4 is 5.32 Å². The van der Waals surface area contributed by atoms with E-state index in [0.29, 0.717) is 6.54 Å². The number of thiophene rings is 1. The number of halogens is 3. The number of alkyl halides is 3. The number of aromatic nitrogens is 1. The van der Waals surface area contributed by atoms with Gasteiger partial charge in [0.1, 0.15) is 5.82 Å². The Labute approximate surface area is 158 Å². The summed E-state index contributed by atoms with van der Waals surface area (Å²) in [6.45, 7) is 0.439. The number of anilines is 2. The van der Waals surface area contributed by atoms with Crippen molar-refractivity contribution in [3.05, 3.63) is 76.1 Å². The molecule has 27 heavy (non-hydrogen) atoms. The topological polar surface area (TPSA) is 45.2 Å². The van der Waals surface area contributed by atoms with Crippen molar-refractivity contribution < 1.29 is 18.0 Å². The van der Waals surface area contributed by atoms with Gasteiger partial charge in [0.2, 0.25) is 0 Å². The molecule has 0 aliphatic rings. The van der Waals surface area contributed by atoms with Crippen LogP contribution in [0.1, 0.15) is 20.8 Å². The molecule has 1 aromatic carbocycles. The quantitative estimate of drug-likeness (QED) is 0.652. The highest BCUT2D eigenvalue weighted by atomic mass is 32.1. The number of rotatable bonds is 5. The monoisotopic (exact) mass is 391 g/mol. The normalized spacial score (nSPS) is 11.3. The maximum absolute atomic E-state index is 12.9. The molecule has 1 N–H and O–H groups in total. The number of nitrogens with one attached hydrogen (secondary N) is 1. The summed E-state index contributed by atoms with van der Waals surface area (Å²) in [5.74, 6) is -0.0640. The number of carbonyl (C=O) groups is 1. The summed E-state index contributed by atoms with van der Waals surface area (Å²) in [5.41, 5.74) is -0.279. The number of nitrogens with zero attached hydrogens (tertiary/aromatic N) is 2. The van der Waals surface area contributed by atoms with Crippen LogP contribution in [-0.4, -0.2) is 22.8 Å². The van der Waals surface area contributed by atoms with Crippen molar-refractivity contribution in [3.63, 3.8) is 0 Å². The van der Waals surface area contributed by atoms with E-state index < -0.39 is 11.7 Å². The van der Waals surface area contributed by atoms with E-state index in [9.17, 15) is 18.0 Å². The van der Waals surface area contributed by atoms with E-state index in [4.69, 9.17) is 0 Å². The highest BCUT2D eigenvalue weighted by molar-refractivity contribution is 7.09. The standard InChI is InChI=1S/C19H16F3N3OS/c1-25(12-15-7-4-10-27-15)18(26)16-8-3-9-23-17(16)24-14-6-2-5-13(11-14)19(20,21)22/h2-11H,12H2,1H3,(H,23,24). The van der Waals surface area contributed by atoms with E-state index in [1.165, 1.54) is 18.3 Å². The van der Waals surface area contributed by atoms with Gasteiger partial charge < -0.3 is 10.2 Å². The van der Waals surface area contributed by atoms with Gasteiger partial charge in [-0.05, 0) is 41.8 Å². The first-order chi connectivity index (χ1) is 12.8. The lowest BCUT2D eigenvalue weighted by Crippen LogP contribution is -2.26. The predicted octanol–water partition coefficient (Wildman–Crippen LogP) is 5.18. The average molecular weight is 391 g/mol. The molecule has 1 amide bonds. The minimum absolute atomic E-state index is 0.207. The fraction of sp³-hybridized carbons (Fsp3) is 0.158. The molecule has 0 aliphatic heterocycles. The Morgan fingerprint density at radius 3 is 2.70 bits per heavy atom. The fourth-order valence-electron chi connectivity index (χ4n) is 2.50. The summed E-state index contributed by atoms with van der Waals surface area (Å²) >= 11 is 1.54. The number of pyridine rings is 1. The number of carbonyl (C=O) groups excluding carboxylic acids is 1. The summed E-state index contributed by atoms with van der Waals surface area (Å²) in [6.07, 6.45) is -2.96. The molecule has 0 aliphatic carbocycles. The summed E-state index contributed by atoms with van der Waals surface area (Å²) < 4.78 is 38.7. The average Bonchev–Trinajstić information content (AvgIpc) is 3.14. The summed E-state index contributed by atoms with van der Waals surface area (Å²) in [7, 11) is 1.67. The molecule has 3 aromatic rings. The van der Waals surface area contributed by atoms with E-state index in [0.717, 1.165) is 17.0 Å². The molecule has 2 aromatic heterocycles. The molecule has 2 heterocycles. The Balaban J connectivity index is 1.83. The number of hydrogen-bond donors (Lipinski definition) is 1. The Hall–Kier alpha value is -2.87. The predicted molar refractivity (Wildman–Crippen MR) is 99.1 cm³/mol. The molecule has 0 bridgehead atoms. The molecule has 0 radical (unpaired) electrons. The van der Waals surface area contributed by atoms with Crippen molar-refractivity contribution in [2.75, 3.05) is 12.4 Å². The zero-order chi connectivity index (χ0) is 19.4. The van der Waals surface area contributed by atoms with Gasteiger partial charge in [-0.2, -0.15) is 13.2 Å². The number of amides is 1. The first-order valence-corrected chi connectivity index (χ1v) is 8.90. The first kappa shape index (κ1) is 18.9. The maximum atomic E-state index is 12.9. The molecular weight excluding hydrogens is 375 g/mol. The van der Waals surface area contributed by atoms with Crippen molar-refractivity contribution in [1.82, 2.24) is 9.88 Å². The maximum Gasteiger partial charge on any atom is 0.416 e. The van der Waals surface area contributed by atoms with Crippen LogP contribution in [0.3, 0.4) is 0 Å². The second-order valence-electron chi connectivity index (χ2n) is 5.84. The zero-order valence-electron chi connectivity index (χ0n) is 14.3. The molecule has 3 rings (SSSR count). The van der Waals surface area contributed by atoms with E-state index in [1.54, 1.807) is 35.4 Å². The summed E-state index contributed by atoms with van der Waals surface area (Å²) in [5, 5.41) is 4.75. The third kappa shape index (κ3) is 4.65. The largest absolute Gasteiger partial charge is 0.416 e. The van der Waals surface area contributed by atoms with Crippen molar-refractivity contribution in [1.29, 1.82) is 0 Å². The summed E-state index contributed by atoms with van der Waals surface area (Å²) in [4.78, 5) is 19.5. The molecule has 8 heteroatoms. The second kappa shape index (κ2) is 7.79. The second-order valence-corrected chi connectivity index (χ2v) is 6.88. The Morgan fingerprint density at radius 2 is 2.00 bits per heavy atom. The first-order valence-electron chi connectivity index (χ1n) is 8.02. The van der Waals surface area contributed by atoms with E-state index in [1.807, 2.05) is 17.5 Å². The van der Waals surface area contributed by atoms with Gasteiger partial charge in [0.05, 0.1) is 17.7 Å². The van der Waals surface area contributed by atoms with Crippen LogP contribution in [0.2, 0.25) is 0 Å². The van der Waals surface area contributed by atoms with Gasteiger partial charge in [0.15, 0.2) is 0 Å². The molecule has 0 saturated heterocycles. The van der Waals surface area contributed by atoms with Crippen molar-refractivity contribution >= 4 is 28.7 Å². The number of benzene rings is 1. The molecule has 0 unspecified atom stereocenters. The Bertz CT molecular complexity index is 926. The van der Waals surface area contributed by atoms with Crippen LogP contribution >= 0.6 is 11.3 Å². The number of hydrogen-bond acceptors (Lipinski definition) is 4. The van der Waals surface area contributed by atoms with Gasteiger partial charge in [-0.15, -0.1) is 11.3 Å². The lowest BCUT2D eigenvalue weighted by Gasteiger charge is -2.18. The van der Waals surface area contributed by atoms with Crippen LogP contribution in [0.4, 0.5) is 24.7 Å². The highest BCUT2D eigenvalue weighted by Gasteiger charge is 2.30. The smallest absolute Gasteiger partial charge is 0.340 e. The van der Waals surface area contributed by atoms with Crippen molar-refractivity contribution in [2.45, 2.75) is 12.7 Å². The molecule has 0 atom stereocenters. The van der Waals surface area contributed by atoms with Gasteiger partial charge >= 0.3 is 6.18 Å². The molecule has 0 fully saturated rings. The zero-order valence-corrected chi connectivity index (χ0v) is 15.1. The fourth-order valence-corrected chi connectivity index (χ4v) is 3.26. The van der Waals surface area contributed by atoms with Crippen LogP contribution in [0.15, 0.2) is 60.1 Å². The lowest BCUT2D eigenvalue weighted by molar-refractivity contribution is -0.137. The van der Waals surface area contributed by atoms with Crippen molar-refractivity contribution in [3.8, 4) is 0 Å². The minimum atomic E-state index is -4.44. The van der Waals surface area contributed by atoms with Gasteiger partial charge in [-0.25, -0.2) is 4.98 Å². The summed E-state index contributed by atoms with van der Waals surface area (Å²) in [6, 6.07) is 11.8. The van der Waals surface area contributed by atoms with Gasteiger partial charge in [-0.3, -0.25) is 4.79 Å². The molecule has 4 nitrogen and oxygen atoms in total. The van der Waals surface area contributed by atoms with Gasteiger partial charge in [0.25, 0.3) is 5.91 Å². The SMILES string of the molecule is CN(Cc1cccs1)C(=O)c1cccnc1Nc1cccc(C(F)(F)F)c1. The Morgan fingerprint density at radius 1 is 1.19 bits per heavy atom. The van der Waals surface area contributed by atoms with Gasteiger partial charge in [-0.1, -0.05) is 12.1 Å². The molecule has 140 valence electrons. The van der Waals surface area contributed by atoms with E-state index >= 15 is 0 Å². The minimum Gasteiger partial charge on any atom is -0.340 e. The third-order valence-corrected chi connectivity index (χ3v) is 4.67. The highest BCUT2D eigenvalue weighted by Crippen LogP contribution is 2.31. The van der Waals surface area contributed by atoms with Crippen LogP contribution in [0, 0.1) is 0 Å². The molecular formula is C19H16F3N3OS. The van der Waals surface area contributed by atoms with Gasteiger partial charge in [0, 0.05) is 23.8 Å². The van der Waals surface area contributed by atoms with E-state index in [-0.39, 0.29) is 23.0 Å². The van der Waals surface area contributed by atoms with Crippen LogP contribution in [0.5, 0.6) is 0 Å². The van der Waals surface area contributed by atoms with E-state index in [2.05, 4.69) is 10.3 Å². The molecule has 0 saturated carbocycles. The van der Waals surface area contributed by atoms with Crippen molar-refractivity contribution in [2.24, 2.45) is 0 Å². The lowest BCUT2D eigenvalue weighted by atomic mass is 10.1.